The van der Waals surface area contributed by atoms with Crippen LogP contribution in [0.3, 0.4) is 0 Å². The van der Waals surface area contributed by atoms with Crippen molar-refractivity contribution in [3.8, 4) is 12.3 Å². The molecule has 0 aliphatic rings. The number of carbonyl (C=O) groups is 4. The molecule has 0 heterocycles. The molecule has 2 aromatic rings. The molecule has 0 amide bonds. The number of methoxy groups -OCH3 is 2. The van der Waals surface area contributed by atoms with Crippen molar-refractivity contribution in [1.82, 2.24) is 0 Å². The highest BCUT2D eigenvalue weighted by molar-refractivity contribution is 7.63. The van der Waals surface area contributed by atoms with Gasteiger partial charge in [-0.3, -0.25) is 14.4 Å². The summed E-state index contributed by atoms with van der Waals surface area (Å²) in [6.45, 7) is 4.70. The molecule has 8 heteroatoms. The van der Waals surface area contributed by atoms with Gasteiger partial charge in [0.2, 0.25) is 0 Å². The molecule has 2 rings (SSSR count). The lowest BCUT2D eigenvalue weighted by Crippen LogP contribution is -2.04. The number of aldehydes is 1. The molecule has 0 aromatic heterocycles. The smallest absolute Gasteiger partial charge is 0.309 e. The Balaban J connectivity index is 0.000000569. The zero-order valence-electron chi connectivity index (χ0n) is 23.0. The van der Waals surface area contributed by atoms with Crippen LogP contribution in [-0.4, -0.2) is 57.7 Å². The molecule has 0 N–H and O–H groups in total. The molecule has 7 nitrogen and oxygen atoms in total. The van der Waals surface area contributed by atoms with E-state index in [1.54, 1.807) is 13.3 Å². The summed E-state index contributed by atoms with van der Waals surface area (Å²) in [4.78, 5) is 42.4. The van der Waals surface area contributed by atoms with Crippen molar-refractivity contribution < 1.29 is 33.2 Å². The Morgan fingerprint density at radius 3 is 1.50 bits per heavy atom. The van der Waals surface area contributed by atoms with Crippen LogP contribution in [-0.2, 0) is 58.9 Å². The van der Waals surface area contributed by atoms with Gasteiger partial charge in [-0.15, -0.1) is 12.3 Å². The maximum absolute atomic E-state index is 11.0. The lowest BCUT2D eigenvalue weighted by atomic mass is 10.1. The molecule has 0 aliphatic heterocycles. The predicted octanol–water partition coefficient (Wildman–Crippen LogP) is 4.70. The van der Waals surface area contributed by atoms with Gasteiger partial charge in [0, 0.05) is 12.8 Å². The highest BCUT2D eigenvalue weighted by Gasteiger charge is 2.08. The number of aryl methyl sites for hydroxylation is 2. The van der Waals surface area contributed by atoms with E-state index in [-0.39, 0.29) is 23.9 Å². The fraction of sp³-hybridized carbons (Fsp3) is 0.400. The van der Waals surface area contributed by atoms with E-state index in [4.69, 9.17) is 6.42 Å². The van der Waals surface area contributed by atoms with Gasteiger partial charge in [-0.2, -0.15) is 0 Å². The monoisotopic (exact) mass is 542 g/mol. The first-order valence-electron chi connectivity index (χ1n) is 12.1. The second-order valence-corrected chi connectivity index (χ2v) is 12.4. The first kappa shape index (κ1) is 34.5. The molecule has 0 fully saturated rings. The van der Waals surface area contributed by atoms with Crippen LogP contribution in [0.15, 0.2) is 48.5 Å². The van der Waals surface area contributed by atoms with E-state index in [0.717, 1.165) is 42.2 Å². The second-order valence-electron chi connectivity index (χ2n) is 8.98. The van der Waals surface area contributed by atoms with E-state index >= 15 is 0 Å². The maximum atomic E-state index is 11.0. The largest absolute Gasteiger partial charge is 0.469 e. The summed E-state index contributed by atoms with van der Waals surface area (Å²) >= 11 is 0. The van der Waals surface area contributed by atoms with Crippen molar-refractivity contribution >= 4 is 31.1 Å². The SMILES string of the molecule is C#CCCc1ccc(CC(=O)OC)cc1.CC(=O)CP(C)(C)=O.COC(=O)Cc1ccc(CCC=O)cc1. The van der Waals surface area contributed by atoms with Gasteiger partial charge in [0.25, 0.3) is 0 Å². The van der Waals surface area contributed by atoms with Crippen LogP contribution in [0.5, 0.6) is 0 Å². The topological polar surface area (TPSA) is 104 Å². The Labute approximate surface area is 226 Å². The van der Waals surface area contributed by atoms with Crippen molar-refractivity contribution in [2.24, 2.45) is 0 Å². The van der Waals surface area contributed by atoms with E-state index in [2.05, 4.69) is 15.4 Å². The third-order valence-electron chi connectivity index (χ3n) is 4.91. The van der Waals surface area contributed by atoms with Gasteiger partial charge in [0.15, 0.2) is 0 Å². The van der Waals surface area contributed by atoms with Gasteiger partial charge in [-0.05, 0) is 55.3 Å². The third-order valence-corrected chi connectivity index (χ3v) is 6.12. The minimum absolute atomic E-state index is 0.0123. The molecule has 0 radical (unpaired) electrons. The van der Waals surface area contributed by atoms with Crippen molar-refractivity contribution in [3.63, 3.8) is 0 Å². The fourth-order valence-electron chi connectivity index (χ4n) is 3.10. The Morgan fingerprint density at radius 1 is 0.816 bits per heavy atom. The normalized spacial score (nSPS) is 9.89. The molecule has 0 aliphatic carbocycles. The van der Waals surface area contributed by atoms with Gasteiger partial charge in [0.05, 0.1) is 40.4 Å². The van der Waals surface area contributed by atoms with Gasteiger partial charge >= 0.3 is 11.9 Å². The number of esters is 2. The number of hydrogen-bond donors (Lipinski definition) is 0. The molecule has 206 valence electrons. The minimum atomic E-state index is -2.07. The van der Waals surface area contributed by atoms with Crippen LogP contribution < -0.4 is 0 Å². The molecule has 38 heavy (non-hydrogen) atoms. The molecular weight excluding hydrogens is 503 g/mol. The molecule has 0 saturated heterocycles. The van der Waals surface area contributed by atoms with E-state index < -0.39 is 7.14 Å². The summed E-state index contributed by atoms with van der Waals surface area (Å²) in [7, 11) is 0.697. The van der Waals surface area contributed by atoms with Gasteiger partial charge in [-0.25, -0.2) is 0 Å². The number of benzene rings is 2. The van der Waals surface area contributed by atoms with Crippen molar-refractivity contribution in [1.29, 1.82) is 0 Å². The van der Waals surface area contributed by atoms with Crippen molar-refractivity contribution in [2.75, 3.05) is 33.7 Å². The summed E-state index contributed by atoms with van der Waals surface area (Å²) < 4.78 is 20.0. The number of Topliss-reactive ketones (excluding diaryl/α,β-unsaturated/α-hetero) is 1. The van der Waals surface area contributed by atoms with Crippen LogP contribution >= 0.6 is 7.14 Å². The molecule has 2 aromatic carbocycles. The number of carbonyl (C=O) groups excluding carboxylic acids is 4. The zero-order chi connectivity index (χ0) is 29.0. The summed E-state index contributed by atoms with van der Waals surface area (Å²) in [6, 6.07) is 15.5. The Bertz CT molecular complexity index is 1090. The van der Waals surface area contributed by atoms with Crippen LogP contribution in [0.2, 0.25) is 0 Å². The first-order chi connectivity index (χ1) is 17.9. The molecule has 0 unspecified atom stereocenters. The Morgan fingerprint density at radius 2 is 1.21 bits per heavy atom. The van der Waals surface area contributed by atoms with Crippen LogP contribution in [0, 0.1) is 12.3 Å². The van der Waals surface area contributed by atoms with Gasteiger partial charge in [0.1, 0.15) is 12.1 Å². The quantitative estimate of drug-likeness (QED) is 0.175. The third kappa shape index (κ3) is 18.7. The molecule has 0 atom stereocenters. The minimum Gasteiger partial charge on any atom is -0.469 e. The summed E-state index contributed by atoms with van der Waals surface area (Å²) in [6.07, 6.45) is 9.87. The van der Waals surface area contributed by atoms with E-state index in [1.165, 1.54) is 26.7 Å². The number of rotatable bonds is 11. The van der Waals surface area contributed by atoms with E-state index in [1.807, 2.05) is 48.5 Å². The summed E-state index contributed by atoms with van der Waals surface area (Å²) in [5, 5.41) is 0. The standard InChI is InChI=1S/C13H14O2.C12H14O3.C5H11O2P/c1-3-4-5-11-6-8-12(9-7-11)10-13(14)15-2;1-15-12(14)9-11-6-4-10(5-7-11)3-2-8-13;1-5(6)4-8(2,3)7/h1,6-9H,4-5,10H2,2H3;4-8H,2-3,9H2,1H3;4H2,1-3H3. The average Bonchev–Trinajstić information content (AvgIpc) is 2.87. The summed E-state index contributed by atoms with van der Waals surface area (Å²) in [5.41, 5.74) is 4.19. The van der Waals surface area contributed by atoms with Crippen LogP contribution in [0.1, 0.15) is 42.0 Å². The molecule has 0 saturated carbocycles. The number of hydrogen-bond acceptors (Lipinski definition) is 7. The second kappa shape index (κ2) is 19.6. The maximum Gasteiger partial charge on any atom is 0.309 e. The van der Waals surface area contributed by atoms with Crippen molar-refractivity contribution in [3.05, 3.63) is 70.8 Å². The molecule has 0 bridgehead atoms. The highest BCUT2D eigenvalue weighted by Crippen LogP contribution is 2.34. The average molecular weight is 543 g/mol. The fourth-order valence-corrected chi connectivity index (χ4v) is 4.18. The Kier molecular flexibility index (Phi) is 17.8. The van der Waals surface area contributed by atoms with Gasteiger partial charge < -0.3 is 18.8 Å². The highest BCUT2D eigenvalue weighted by atomic mass is 31.2. The first-order valence-corrected chi connectivity index (χ1v) is 14.9. The van der Waals surface area contributed by atoms with Crippen molar-refractivity contribution in [2.45, 2.75) is 45.4 Å². The predicted molar refractivity (Wildman–Crippen MR) is 151 cm³/mol. The molecule has 0 spiro atoms. The van der Waals surface area contributed by atoms with Crippen LogP contribution in [0.25, 0.3) is 0 Å². The molecular formula is C30H39O7P. The number of ketones is 1. The van der Waals surface area contributed by atoms with E-state index in [9.17, 15) is 23.7 Å². The van der Waals surface area contributed by atoms with Gasteiger partial charge in [-0.1, -0.05) is 48.5 Å². The zero-order valence-corrected chi connectivity index (χ0v) is 23.9. The number of ether oxygens (including phenoxy) is 2. The van der Waals surface area contributed by atoms with E-state index in [0.29, 0.717) is 19.3 Å². The number of terminal acetylenes is 1. The lowest BCUT2D eigenvalue weighted by molar-refractivity contribution is -0.140. The van der Waals surface area contributed by atoms with Crippen LogP contribution in [0.4, 0.5) is 0 Å². The summed E-state index contributed by atoms with van der Waals surface area (Å²) in [5.74, 6) is 2.15. The Hall–Kier alpha value is -3.49. The lowest BCUT2D eigenvalue weighted by Gasteiger charge is -2.01.